The van der Waals surface area contributed by atoms with Gasteiger partial charge in [-0.05, 0) is 18.2 Å². The number of hydrogen-bond donors (Lipinski definition) is 2. The number of sulfonamides is 1. The van der Waals surface area contributed by atoms with Gasteiger partial charge < -0.3 is 10.5 Å². The molecule has 0 aliphatic rings. The number of ether oxygens (including phenoxy) is 1. The molecule has 0 unspecified atom stereocenters. The van der Waals surface area contributed by atoms with Gasteiger partial charge in [0, 0.05) is 29.7 Å². The van der Waals surface area contributed by atoms with Crippen molar-refractivity contribution in [1.82, 2.24) is 9.71 Å². The Bertz CT molecular complexity index is 669. The zero-order valence-corrected chi connectivity index (χ0v) is 12.5. The Morgan fingerprint density at radius 1 is 1.45 bits per heavy atom. The lowest BCUT2D eigenvalue weighted by Crippen LogP contribution is -2.23. The van der Waals surface area contributed by atoms with E-state index in [0.29, 0.717) is 11.3 Å². The molecular formula is C12H15N3O3S2. The van der Waals surface area contributed by atoms with Gasteiger partial charge in [0.1, 0.15) is 5.75 Å². The zero-order chi connectivity index (χ0) is 14.6. The number of benzene rings is 1. The van der Waals surface area contributed by atoms with E-state index in [0.717, 1.165) is 4.88 Å². The van der Waals surface area contributed by atoms with Gasteiger partial charge >= 0.3 is 0 Å². The van der Waals surface area contributed by atoms with E-state index < -0.39 is 10.0 Å². The average Bonchev–Trinajstić information content (AvgIpc) is 2.97. The molecule has 6 nitrogen and oxygen atoms in total. The minimum atomic E-state index is -3.58. The van der Waals surface area contributed by atoms with Crippen LogP contribution in [0.3, 0.4) is 0 Å². The van der Waals surface area contributed by atoms with Crippen molar-refractivity contribution in [2.24, 2.45) is 5.73 Å². The van der Waals surface area contributed by atoms with E-state index in [1.54, 1.807) is 17.8 Å². The SMILES string of the molecule is COc1ccc(S(=O)(=O)NCc2cncs2)cc1CN. The van der Waals surface area contributed by atoms with Gasteiger partial charge in [0.2, 0.25) is 10.0 Å². The molecule has 0 saturated carbocycles. The lowest BCUT2D eigenvalue weighted by atomic mass is 10.2. The summed E-state index contributed by atoms with van der Waals surface area (Å²) in [7, 11) is -2.06. The van der Waals surface area contributed by atoms with Crippen LogP contribution >= 0.6 is 11.3 Å². The Labute approximate surface area is 121 Å². The normalized spacial score (nSPS) is 11.5. The molecule has 0 aliphatic heterocycles. The predicted molar refractivity (Wildman–Crippen MR) is 77.0 cm³/mol. The minimum Gasteiger partial charge on any atom is -0.496 e. The van der Waals surface area contributed by atoms with Crippen LogP contribution in [0, 0.1) is 0 Å². The van der Waals surface area contributed by atoms with Crippen LogP contribution in [0.5, 0.6) is 5.75 Å². The highest BCUT2D eigenvalue weighted by molar-refractivity contribution is 7.89. The first kappa shape index (κ1) is 14.9. The fourth-order valence-electron chi connectivity index (χ4n) is 1.66. The second-order valence-electron chi connectivity index (χ2n) is 3.97. The van der Waals surface area contributed by atoms with Gasteiger partial charge in [0.25, 0.3) is 0 Å². The highest BCUT2D eigenvalue weighted by Gasteiger charge is 2.16. The number of aromatic nitrogens is 1. The summed E-state index contributed by atoms with van der Waals surface area (Å²) >= 11 is 1.39. The quantitative estimate of drug-likeness (QED) is 0.832. The van der Waals surface area contributed by atoms with Crippen LogP contribution in [0.4, 0.5) is 0 Å². The highest BCUT2D eigenvalue weighted by Crippen LogP contribution is 2.22. The summed E-state index contributed by atoms with van der Waals surface area (Å²) in [6.07, 6.45) is 1.63. The number of thiazole rings is 1. The summed E-state index contributed by atoms with van der Waals surface area (Å²) in [6, 6.07) is 4.62. The van der Waals surface area contributed by atoms with E-state index in [4.69, 9.17) is 10.5 Å². The maximum atomic E-state index is 12.2. The smallest absolute Gasteiger partial charge is 0.240 e. The lowest BCUT2D eigenvalue weighted by Gasteiger charge is -2.10. The molecule has 3 N–H and O–H groups in total. The van der Waals surface area contributed by atoms with E-state index in [2.05, 4.69) is 9.71 Å². The van der Waals surface area contributed by atoms with Crippen LogP contribution < -0.4 is 15.2 Å². The van der Waals surface area contributed by atoms with Crippen LogP contribution in [0.15, 0.2) is 34.8 Å². The van der Waals surface area contributed by atoms with Gasteiger partial charge in [-0.1, -0.05) is 0 Å². The second kappa shape index (κ2) is 6.31. The number of nitrogens with zero attached hydrogens (tertiary/aromatic N) is 1. The molecule has 2 aromatic rings. The van der Waals surface area contributed by atoms with Crippen molar-refractivity contribution in [3.05, 3.63) is 40.3 Å². The van der Waals surface area contributed by atoms with Crippen LogP contribution in [0.1, 0.15) is 10.4 Å². The second-order valence-corrected chi connectivity index (χ2v) is 6.71. The monoisotopic (exact) mass is 313 g/mol. The summed E-state index contributed by atoms with van der Waals surface area (Å²) < 4.78 is 32.0. The van der Waals surface area contributed by atoms with Gasteiger partial charge in [0.05, 0.1) is 17.5 Å². The van der Waals surface area contributed by atoms with Crippen LogP contribution in [0.25, 0.3) is 0 Å². The molecule has 0 atom stereocenters. The van der Waals surface area contributed by atoms with E-state index in [9.17, 15) is 8.42 Å². The van der Waals surface area contributed by atoms with E-state index in [1.165, 1.54) is 30.6 Å². The molecule has 0 amide bonds. The third-order valence-corrected chi connectivity index (χ3v) is 4.88. The molecular weight excluding hydrogens is 298 g/mol. The molecule has 1 aromatic carbocycles. The number of rotatable bonds is 6. The Hall–Kier alpha value is -1.48. The summed E-state index contributed by atoms with van der Waals surface area (Å²) in [5.41, 5.74) is 7.89. The molecule has 0 spiro atoms. The van der Waals surface area contributed by atoms with Crippen molar-refractivity contribution < 1.29 is 13.2 Å². The molecule has 0 fully saturated rings. The molecule has 1 aromatic heterocycles. The van der Waals surface area contributed by atoms with E-state index in [1.807, 2.05) is 0 Å². The number of nitrogens with two attached hydrogens (primary N) is 1. The largest absolute Gasteiger partial charge is 0.496 e. The lowest BCUT2D eigenvalue weighted by molar-refractivity contribution is 0.409. The molecule has 8 heteroatoms. The summed E-state index contributed by atoms with van der Waals surface area (Å²) in [5, 5.41) is 0. The summed E-state index contributed by atoms with van der Waals surface area (Å²) in [4.78, 5) is 4.91. The molecule has 1 heterocycles. The zero-order valence-electron chi connectivity index (χ0n) is 10.9. The van der Waals surface area contributed by atoms with Gasteiger partial charge in [-0.2, -0.15) is 0 Å². The van der Waals surface area contributed by atoms with Crippen LogP contribution in [-0.2, 0) is 23.1 Å². The minimum absolute atomic E-state index is 0.170. The van der Waals surface area contributed by atoms with Crippen LogP contribution in [-0.4, -0.2) is 20.5 Å². The van der Waals surface area contributed by atoms with Crippen molar-refractivity contribution in [3.8, 4) is 5.75 Å². The maximum absolute atomic E-state index is 12.2. The first-order valence-corrected chi connectivity index (χ1v) is 8.17. The molecule has 20 heavy (non-hydrogen) atoms. The Morgan fingerprint density at radius 2 is 2.25 bits per heavy atom. The fourth-order valence-corrected chi connectivity index (χ4v) is 3.34. The van der Waals surface area contributed by atoms with Crippen molar-refractivity contribution >= 4 is 21.4 Å². The molecule has 2 rings (SSSR count). The Morgan fingerprint density at radius 3 is 2.85 bits per heavy atom. The molecule has 108 valence electrons. The van der Waals surface area contributed by atoms with E-state index in [-0.39, 0.29) is 18.0 Å². The predicted octanol–water partition coefficient (Wildman–Crippen LogP) is 1.09. The Balaban J connectivity index is 2.20. The van der Waals surface area contributed by atoms with Crippen molar-refractivity contribution in [3.63, 3.8) is 0 Å². The third-order valence-electron chi connectivity index (χ3n) is 2.70. The first-order valence-electron chi connectivity index (χ1n) is 5.81. The van der Waals surface area contributed by atoms with Crippen molar-refractivity contribution in [1.29, 1.82) is 0 Å². The topological polar surface area (TPSA) is 94.3 Å². The van der Waals surface area contributed by atoms with Gasteiger partial charge in [-0.3, -0.25) is 4.98 Å². The maximum Gasteiger partial charge on any atom is 0.240 e. The third kappa shape index (κ3) is 3.34. The average molecular weight is 313 g/mol. The molecule has 0 aliphatic carbocycles. The fraction of sp³-hybridized carbons (Fsp3) is 0.250. The van der Waals surface area contributed by atoms with Crippen LogP contribution in [0.2, 0.25) is 0 Å². The first-order chi connectivity index (χ1) is 9.56. The van der Waals surface area contributed by atoms with Gasteiger partial charge in [-0.15, -0.1) is 11.3 Å². The number of hydrogen-bond acceptors (Lipinski definition) is 6. The number of methoxy groups -OCH3 is 1. The summed E-state index contributed by atoms with van der Waals surface area (Å²) in [6.45, 7) is 0.429. The number of nitrogens with one attached hydrogen (secondary N) is 1. The molecule has 0 bridgehead atoms. The van der Waals surface area contributed by atoms with E-state index >= 15 is 0 Å². The molecule has 0 radical (unpaired) electrons. The standard InChI is InChI=1S/C12H15N3O3S2/c1-18-12-3-2-11(4-9(12)5-13)20(16,17)15-7-10-6-14-8-19-10/h2-4,6,8,15H,5,7,13H2,1H3. The highest BCUT2D eigenvalue weighted by atomic mass is 32.2. The molecule has 0 saturated heterocycles. The summed E-state index contributed by atoms with van der Waals surface area (Å²) in [5.74, 6) is 0.578. The van der Waals surface area contributed by atoms with Gasteiger partial charge in [0.15, 0.2) is 0 Å². The Kier molecular flexibility index (Phi) is 4.71. The van der Waals surface area contributed by atoms with Crippen molar-refractivity contribution in [2.75, 3.05) is 7.11 Å². The van der Waals surface area contributed by atoms with Crippen molar-refractivity contribution in [2.45, 2.75) is 18.0 Å². The van der Waals surface area contributed by atoms with Gasteiger partial charge in [-0.25, -0.2) is 13.1 Å².